The van der Waals surface area contributed by atoms with E-state index in [0.717, 1.165) is 0 Å². The summed E-state index contributed by atoms with van der Waals surface area (Å²) in [6.07, 6.45) is 0. The van der Waals surface area contributed by atoms with Crippen LogP contribution in [0.1, 0.15) is 0 Å². The minimum Gasteiger partial charge on any atom is -0.395 e. The van der Waals surface area contributed by atoms with Crippen LogP contribution in [0.3, 0.4) is 0 Å². The van der Waals surface area contributed by atoms with Crippen LogP contribution in [0, 0.1) is 0 Å². The number of hydrogen-bond acceptors (Lipinski definition) is 5. The van der Waals surface area contributed by atoms with Gasteiger partial charge in [-0.25, -0.2) is 0 Å². The zero-order valence-corrected chi connectivity index (χ0v) is 7.90. The van der Waals surface area contributed by atoms with Gasteiger partial charge >= 0.3 is 0 Å². The Labute approximate surface area is 77.9 Å². The first kappa shape index (κ1) is 12.5. The van der Waals surface area contributed by atoms with Gasteiger partial charge in [0.05, 0.1) is 19.8 Å². The molecule has 0 aromatic heterocycles. The van der Waals surface area contributed by atoms with E-state index in [9.17, 15) is 4.79 Å². The highest BCUT2D eigenvalue weighted by Gasteiger charge is 2.08. The predicted octanol–water partition coefficient (Wildman–Crippen LogP) is -1.51. The molecule has 0 aliphatic carbocycles. The van der Waals surface area contributed by atoms with Crippen LogP contribution in [-0.4, -0.2) is 67.5 Å². The molecule has 0 aliphatic heterocycles. The second-order valence-corrected chi connectivity index (χ2v) is 2.70. The van der Waals surface area contributed by atoms with Crippen molar-refractivity contribution in [3.8, 4) is 0 Å². The maximum Gasteiger partial charge on any atom is 0.172 e. The first-order valence-electron chi connectivity index (χ1n) is 4.19. The Kier molecular flexibility index (Phi) is 7.82. The lowest BCUT2D eigenvalue weighted by Crippen LogP contribution is -2.35. The van der Waals surface area contributed by atoms with Crippen LogP contribution in [0.5, 0.6) is 0 Å². The quantitative estimate of drug-likeness (QED) is 0.488. The molecule has 13 heavy (non-hydrogen) atoms. The van der Waals surface area contributed by atoms with Crippen molar-refractivity contribution >= 4 is 5.78 Å². The topological polar surface area (TPSA) is 70.0 Å². The third kappa shape index (κ3) is 6.65. The number of carbonyl (C=O) groups is 1. The van der Waals surface area contributed by atoms with Gasteiger partial charge in [0, 0.05) is 20.2 Å². The number of hydrogen-bond donors (Lipinski definition) is 2. The molecule has 0 radical (unpaired) electrons. The van der Waals surface area contributed by atoms with Gasteiger partial charge in [-0.05, 0) is 0 Å². The fraction of sp³-hybridized carbons (Fsp3) is 0.875. The molecule has 0 amide bonds. The Morgan fingerprint density at radius 1 is 1.31 bits per heavy atom. The summed E-state index contributed by atoms with van der Waals surface area (Å²) >= 11 is 0. The third-order valence-corrected chi connectivity index (χ3v) is 1.54. The van der Waals surface area contributed by atoms with E-state index >= 15 is 0 Å². The second kappa shape index (κ2) is 8.12. The summed E-state index contributed by atoms with van der Waals surface area (Å²) in [6, 6.07) is 0. The Morgan fingerprint density at radius 3 is 2.23 bits per heavy atom. The molecule has 0 fully saturated rings. The first-order valence-corrected chi connectivity index (χ1v) is 4.19. The predicted molar refractivity (Wildman–Crippen MR) is 47.5 cm³/mol. The molecule has 2 N–H and O–H groups in total. The van der Waals surface area contributed by atoms with Crippen molar-refractivity contribution in [1.29, 1.82) is 0 Å². The molecule has 0 aromatic rings. The number of rotatable bonds is 8. The van der Waals surface area contributed by atoms with Gasteiger partial charge in [-0.1, -0.05) is 0 Å². The largest absolute Gasteiger partial charge is 0.395 e. The van der Waals surface area contributed by atoms with Gasteiger partial charge in [0.15, 0.2) is 5.78 Å². The van der Waals surface area contributed by atoms with Crippen molar-refractivity contribution in [3.63, 3.8) is 0 Å². The smallest absolute Gasteiger partial charge is 0.172 e. The number of nitrogens with zero attached hydrogens (tertiary/aromatic N) is 1. The third-order valence-electron chi connectivity index (χ3n) is 1.54. The molecule has 5 heteroatoms. The van der Waals surface area contributed by atoms with Crippen molar-refractivity contribution in [2.45, 2.75) is 0 Å². The highest BCUT2D eigenvalue weighted by molar-refractivity contribution is 5.81. The molecule has 5 nitrogen and oxygen atoms in total. The molecule has 0 atom stereocenters. The SMILES string of the molecule is COCC(=O)CN(CCO)CCO. The van der Waals surface area contributed by atoms with E-state index < -0.39 is 0 Å². The summed E-state index contributed by atoms with van der Waals surface area (Å²) in [5.41, 5.74) is 0. The zero-order chi connectivity index (χ0) is 10.1. The van der Waals surface area contributed by atoms with Crippen molar-refractivity contribution in [3.05, 3.63) is 0 Å². The van der Waals surface area contributed by atoms with Gasteiger partial charge in [0.2, 0.25) is 0 Å². The number of methoxy groups -OCH3 is 1. The van der Waals surface area contributed by atoms with E-state index in [2.05, 4.69) is 4.74 Å². The Morgan fingerprint density at radius 2 is 1.85 bits per heavy atom. The monoisotopic (exact) mass is 191 g/mol. The second-order valence-electron chi connectivity index (χ2n) is 2.70. The van der Waals surface area contributed by atoms with Gasteiger partial charge in [-0.15, -0.1) is 0 Å². The normalized spacial score (nSPS) is 10.8. The summed E-state index contributed by atoms with van der Waals surface area (Å²) in [5, 5.41) is 17.3. The Bertz CT molecular complexity index is 134. The van der Waals surface area contributed by atoms with E-state index in [1.165, 1.54) is 7.11 Å². The van der Waals surface area contributed by atoms with Crippen LogP contribution in [0.15, 0.2) is 0 Å². The van der Waals surface area contributed by atoms with Crippen LogP contribution in [-0.2, 0) is 9.53 Å². The van der Waals surface area contributed by atoms with Crippen LogP contribution < -0.4 is 0 Å². The maximum atomic E-state index is 11.1. The molecule has 0 rings (SSSR count). The van der Waals surface area contributed by atoms with Gasteiger partial charge in [0.25, 0.3) is 0 Å². The molecule has 0 saturated carbocycles. The van der Waals surface area contributed by atoms with E-state index in [1.54, 1.807) is 4.90 Å². The molecule has 0 aliphatic rings. The highest BCUT2D eigenvalue weighted by Crippen LogP contribution is 1.88. The molecule has 0 spiro atoms. The van der Waals surface area contributed by atoms with E-state index in [-0.39, 0.29) is 32.1 Å². The van der Waals surface area contributed by atoms with E-state index in [0.29, 0.717) is 13.1 Å². The van der Waals surface area contributed by atoms with Gasteiger partial charge in [-0.3, -0.25) is 9.69 Å². The van der Waals surface area contributed by atoms with Gasteiger partial charge in [0.1, 0.15) is 6.61 Å². The molecule has 0 saturated heterocycles. The number of ether oxygens (including phenoxy) is 1. The summed E-state index contributed by atoms with van der Waals surface area (Å²) in [4.78, 5) is 12.8. The lowest BCUT2D eigenvalue weighted by molar-refractivity contribution is -0.124. The first-order chi connectivity index (χ1) is 6.24. The summed E-state index contributed by atoms with van der Waals surface area (Å²) in [6.45, 7) is 1.06. The van der Waals surface area contributed by atoms with Gasteiger partial charge < -0.3 is 14.9 Å². The number of aliphatic hydroxyl groups is 2. The fourth-order valence-electron chi connectivity index (χ4n) is 1.01. The number of Topliss-reactive ketones (excluding diaryl/α,β-unsaturated/α-hetero) is 1. The number of ketones is 1. The van der Waals surface area contributed by atoms with Gasteiger partial charge in [-0.2, -0.15) is 0 Å². The molecule has 78 valence electrons. The maximum absolute atomic E-state index is 11.1. The number of carbonyl (C=O) groups excluding carboxylic acids is 1. The van der Waals surface area contributed by atoms with Crippen molar-refractivity contribution in [1.82, 2.24) is 4.90 Å². The molecule has 0 bridgehead atoms. The summed E-state index contributed by atoms with van der Waals surface area (Å²) < 4.78 is 4.66. The summed E-state index contributed by atoms with van der Waals surface area (Å²) in [7, 11) is 1.46. The van der Waals surface area contributed by atoms with Crippen molar-refractivity contribution in [2.24, 2.45) is 0 Å². The molecular formula is C8H17NO4. The van der Waals surface area contributed by atoms with Crippen LogP contribution in [0.25, 0.3) is 0 Å². The van der Waals surface area contributed by atoms with Crippen LogP contribution >= 0.6 is 0 Å². The lowest BCUT2D eigenvalue weighted by atomic mass is 10.3. The van der Waals surface area contributed by atoms with E-state index in [4.69, 9.17) is 10.2 Å². The molecule has 0 unspecified atom stereocenters. The Hall–Kier alpha value is -0.490. The van der Waals surface area contributed by atoms with Crippen LogP contribution in [0.4, 0.5) is 0 Å². The average molecular weight is 191 g/mol. The average Bonchev–Trinajstić information content (AvgIpc) is 2.05. The number of aliphatic hydroxyl groups excluding tert-OH is 2. The van der Waals surface area contributed by atoms with Crippen molar-refractivity contribution in [2.75, 3.05) is 46.6 Å². The fourth-order valence-corrected chi connectivity index (χ4v) is 1.01. The molecular weight excluding hydrogens is 174 g/mol. The van der Waals surface area contributed by atoms with E-state index in [1.807, 2.05) is 0 Å². The van der Waals surface area contributed by atoms with Crippen LogP contribution in [0.2, 0.25) is 0 Å². The zero-order valence-electron chi connectivity index (χ0n) is 7.90. The summed E-state index contributed by atoms with van der Waals surface area (Å²) in [5.74, 6) is -0.0515. The standard InChI is InChI=1S/C8H17NO4/c1-13-7-8(12)6-9(2-4-10)3-5-11/h10-11H,2-7H2,1H3. The lowest BCUT2D eigenvalue weighted by Gasteiger charge is -2.18. The molecule has 0 aromatic carbocycles. The Balaban J connectivity index is 3.71. The minimum atomic E-state index is -0.0515. The molecule has 0 heterocycles. The minimum absolute atomic E-state index is 0.0136. The van der Waals surface area contributed by atoms with Crippen molar-refractivity contribution < 1.29 is 19.7 Å². The highest BCUT2D eigenvalue weighted by atomic mass is 16.5.